The molecule has 0 unspecified atom stereocenters. The maximum Gasteiger partial charge on any atom is 0.261 e. The Kier molecular flexibility index (Phi) is 3.55. The molecule has 0 aliphatic carbocycles. The molecule has 4 rings (SSSR count). The Balaban J connectivity index is 1.70. The standard InChI is InChI=1S/C17H13N3OS2/c1-11-2-3-15-14(6-11)17(21)20(10-18-15)7-13-9-23-16(19-13)12-4-5-22-8-12/h2-6,8-10H,7H2,1H3. The lowest BCUT2D eigenvalue weighted by Crippen LogP contribution is -2.21. The SMILES string of the molecule is Cc1ccc2ncn(Cc3csc(-c4ccsc4)n3)c(=O)c2c1. The van der Waals surface area contributed by atoms with E-state index in [1.807, 2.05) is 35.9 Å². The fraction of sp³-hybridized carbons (Fsp3) is 0.118. The highest BCUT2D eigenvalue weighted by molar-refractivity contribution is 7.14. The second-order valence-corrected chi connectivity index (χ2v) is 6.99. The van der Waals surface area contributed by atoms with E-state index in [9.17, 15) is 4.79 Å². The Labute approximate surface area is 140 Å². The van der Waals surface area contributed by atoms with Gasteiger partial charge in [-0.05, 0) is 30.5 Å². The van der Waals surface area contributed by atoms with Crippen LogP contribution in [0.4, 0.5) is 0 Å². The van der Waals surface area contributed by atoms with Gasteiger partial charge in [0.25, 0.3) is 5.56 Å². The first-order valence-corrected chi connectivity index (χ1v) is 8.96. The van der Waals surface area contributed by atoms with Crippen molar-refractivity contribution < 1.29 is 0 Å². The van der Waals surface area contributed by atoms with Crippen LogP contribution in [-0.4, -0.2) is 14.5 Å². The summed E-state index contributed by atoms with van der Waals surface area (Å²) in [5.41, 5.74) is 3.78. The molecule has 0 spiro atoms. The molecule has 114 valence electrons. The zero-order valence-corrected chi connectivity index (χ0v) is 14.0. The predicted molar refractivity (Wildman–Crippen MR) is 95.3 cm³/mol. The lowest BCUT2D eigenvalue weighted by atomic mass is 10.2. The van der Waals surface area contributed by atoms with Gasteiger partial charge in [0, 0.05) is 16.3 Å². The average Bonchev–Trinajstić information content (AvgIpc) is 3.22. The molecule has 0 amide bonds. The highest BCUT2D eigenvalue weighted by atomic mass is 32.1. The monoisotopic (exact) mass is 339 g/mol. The number of aromatic nitrogens is 3. The molecule has 3 aromatic heterocycles. The Morgan fingerprint density at radius 1 is 1.22 bits per heavy atom. The summed E-state index contributed by atoms with van der Waals surface area (Å²) < 4.78 is 1.62. The predicted octanol–water partition coefficient (Wildman–Crippen LogP) is 3.94. The molecule has 4 nitrogen and oxygen atoms in total. The molecule has 4 aromatic rings. The molecule has 0 atom stereocenters. The molecule has 0 saturated heterocycles. The molecule has 0 N–H and O–H groups in total. The Bertz CT molecular complexity index is 1030. The molecular formula is C17H13N3OS2. The van der Waals surface area contributed by atoms with E-state index in [2.05, 4.69) is 21.4 Å². The molecule has 0 fully saturated rings. The van der Waals surface area contributed by atoms with Gasteiger partial charge in [-0.15, -0.1) is 11.3 Å². The third kappa shape index (κ3) is 2.71. The third-order valence-corrected chi connectivity index (χ3v) is 5.26. The highest BCUT2D eigenvalue weighted by Gasteiger charge is 2.09. The number of hydrogen-bond acceptors (Lipinski definition) is 5. The van der Waals surface area contributed by atoms with E-state index in [1.54, 1.807) is 33.6 Å². The minimum atomic E-state index is -0.0243. The second-order valence-electron chi connectivity index (χ2n) is 5.35. The van der Waals surface area contributed by atoms with Gasteiger partial charge in [-0.2, -0.15) is 11.3 Å². The van der Waals surface area contributed by atoms with E-state index in [1.165, 1.54) is 0 Å². The number of nitrogens with zero attached hydrogens (tertiary/aromatic N) is 3. The molecule has 0 aliphatic rings. The minimum absolute atomic E-state index is 0.0243. The summed E-state index contributed by atoms with van der Waals surface area (Å²) >= 11 is 3.25. The summed E-state index contributed by atoms with van der Waals surface area (Å²) in [4.78, 5) is 21.6. The van der Waals surface area contributed by atoms with Crippen LogP contribution in [0.1, 0.15) is 11.3 Å². The van der Waals surface area contributed by atoms with Gasteiger partial charge >= 0.3 is 0 Å². The number of thiazole rings is 1. The van der Waals surface area contributed by atoms with Gasteiger partial charge in [0.15, 0.2) is 0 Å². The van der Waals surface area contributed by atoms with Crippen molar-refractivity contribution in [2.45, 2.75) is 13.5 Å². The number of aryl methyl sites for hydroxylation is 1. The Morgan fingerprint density at radius 3 is 2.96 bits per heavy atom. The van der Waals surface area contributed by atoms with Crippen molar-refractivity contribution in [1.82, 2.24) is 14.5 Å². The van der Waals surface area contributed by atoms with Crippen molar-refractivity contribution in [3.05, 3.63) is 68.3 Å². The number of fused-ring (bicyclic) bond motifs is 1. The number of hydrogen-bond donors (Lipinski definition) is 0. The van der Waals surface area contributed by atoms with E-state index >= 15 is 0 Å². The van der Waals surface area contributed by atoms with Crippen molar-refractivity contribution in [1.29, 1.82) is 0 Å². The lowest BCUT2D eigenvalue weighted by molar-refractivity contribution is 0.734. The molecule has 3 heterocycles. The molecule has 6 heteroatoms. The first-order valence-electron chi connectivity index (χ1n) is 7.13. The highest BCUT2D eigenvalue weighted by Crippen LogP contribution is 2.25. The zero-order valence-electron chi connectivity index (χ0n) is 12.4. The van der Waals surface area contributed by atoms with E-state index < -0.39 is 0 Å². The Morgan fingerprint density at radius 2 is 2.13 bits per heavy atom. The van der Waals surface area contributed by atoms with Gasteiger partial charge < -0.3 is 0 Å². The van der Waals surface area contributed by atoms with Crippen molar-refractivity contribution in [2.24, 2.45) is 0 Å². The fourth-order valence-electron chi connectivity index (χ4n) is 2.46. The molecule has 1 aromatic carbocycles. The number of thiophene rings is 1. The molecule has 0 aliphatic heterocycles. The van der Waals surface area contributed by atoms with Crippen LogP contribution in [0.5, 0.6) is 0 Å². The van der Waals surface area contributed by atoms with Crippen LogP contribution in [-0.2, 0) is 6.54 Å². The van der Waals surface area contributed by atoms with Crippen molar-refractivity contribution in [3.63, 3.8) is 0 Å². The third-order valence-electron chi connectivity index (χ3n) is 3.63. The van der Waals surface area contributed by atoms with E-state index in [0.29, 0.717) is 11.9 Å². The van der Waals surface area contributed by atoms with Crippen LogP contribution in [0.3, 0.4) is 0 Å². The quantitative estimate of drug-likeness (QED) is 0.568. The number of rotatable bonds is 3. The largest absolute Gasteiger partial charge is 0.293 e. The van der Waals surface area contributed by atoms with Crippen LogP contribution in [0.2, 0.25) is 0 Å². The van der Waals surface area contributed by atoms with Crippen LogP contribution >= 0.6 is 22.7 Å². The van der Waals surface area contributed by atoms with Gasteiger partial charge in [-0.3, -0.25) is 9.36 Å². The first-order chi connectivity index (χ1) is 11.2. The second kappa shape index (κ2) is 5.72. The molecule has 23 heavy (non-hydrogen) atoms. The van der Waals surface area contributed by atoms with Crippen LogP contribution in [0.15, 0.2) is 51.5 Å². The number of benzene rings is 1. The smallest absolute Gasteiger partial charge is 0.261 e. The van der Waals surface area contributed by atoms with Crippen LogP contribution < -0.4 is 5.56 Å². The zero-order chi connectivity index (χ0) is 15.8. The van der Waals surface area contributed by atoms with E-state index in [-0.39, 0.29) is 5.56 Å². The molecule has 0 bridgehead atoms. The van der Waals surface area contributed by atoms with Gasteiger partial charge in [0.05, 0.1) is 29.5 Å². The maximum atomic E-state index is 12.6. The summed E-state index contributed by atoms with van der Waals surface area (Å²) in [6, 6.07) is 7.79. The lowest BCUT2D eigenvalue weighted by Gasteiger charge is -2.05. The fourth-order valence-corrected chi connectivity index (χ4v) is 3.98. The minimum Gasteiger partial charge on any atom is -0.293 e. The summed E-state index contributed by atoms with van der Waals surface area (Å²) in [5.74, 6) is 0. The van der Waals surface area contributed by atoms with Gasteiger partial charge in [0.1, 0.15) is 5.01 Å². The average molecular weight is 339 g/mol. The molecular weight excluding hydrogens is 326 g/mol. The molecule has 0 saturated carbocycles. The van der Waals surface area contributed by atoms with E-state index in [0.717, 1.165) is 27.3 Å². The molecule has 0 radical (unpaired) electrons. The summed E-state index contributed by atoms with van der Waals surface area (Å²) in [6.07, 6.45) is 1.60. The van der Waals surface area contributed by atoms with Crippen molar-refractivity contribution in [3.8, 4) is 10.6 Å². The summed E-state index contributed by atoms with van der Waals surface area (Å²) in [5, 5.41) is 7.76. The topological polar surface area (TPSA) is 47.8 Å². The van der Waals surface area contributed by atoms with Crippen LogP contribution in [0.25, 0.3) is 21.5 Å². The maximum absolute atomic E-state index is 12.6. The first kappa shape index (κ1) is 14.3. The summed E-state index contributed by atoms with van der Waals surface area (Å²) in [7, 11) is 0. The van der Waals surface area contributed by atoms with Crippen molar-refractivity contribution >= 4 is 33.6 Å². The summed E-state index contributed by atoms with van der Waals surface area (Å²) in [6.45, 7) is 2.42. The van der Waals surface area contributed by atoms with Gasteiger partial charge in [0.2, 0.25) is 0 Å². The van der Waals surface area contributed by atoms with Crippen molar-refractivity contribution in [2.75, 3.05) is 0 Å². The van der Waals surface area contributed by atoms with Gasteiger partial charge in [-0.25, -0.2) is 9.97 Å². The van der Waals surface area contributed by atoms with Gasteiger partial charge in [-0.1, -0.05) is 11.6 Å². The Hall–Kier alpha value is -2.31. The van der Waals surface area contributed by atoms with E-state index in [4.69, 9.17) is 0 Å². The normalized spacial score (nSPS) is 11.2. The van der Waals surface area contributed by atoms with Crippen LogP contribution in [0, 0.1) is 6.92 Å².